The molecular formula is C12H19N3O4. The van der Waals surface area contributed by atoms with Gasteiger partial charge in [-0.25, -0.2) is 0 Å². The lowest BCUT2D eigenvalue weighted by molar-refractivity contribution is -0.127. The summed E-state index contributed by atoms with van der Waals surface area (Å²) in [5.41, 5.74) is 0. The normalized spacial score (nSPS) is 23.3. The number of hydrogen-bond acceptors (Lipinski definition) is 6. The summed E-state index contributed by atoms with van der Waals surface area (Å²) in [7, 11) is 0. The Balaban J connectivity index is 1.71. The predicted octanol–water partition coefficient (Wildman–Crippen LogP) is -0.228. The fourth-order valence-electron chi connectivity index (χ4n) is 2.30. The molecule has 2 rings (SSSR count). The van der Waals surface area contributed by atoms with Crippen LogP contribution >= 0.6 is 0 Å². The van der Waals surface area contributed by atoms with Gasteiger partial charge in [0.2, 0.25) is 5.91 Å². The van der Waals surface area contributed by atoms with E-state index < -0.39 is 0 Å². The zero-order valence-electron chi connectivity index (χ0n) is 10.7. The molecule has 7 heteroatoms. The Kier molecular flexibility index (Phi) is 4.86. The number of aliphatic hydroxyl groups excluding tert-OH is 2. The van der Waals surface area contributed by atoms with Crippen molar-refractivity contribution in [3.8, 4) is 0 Å². The molecule has 1 saturated carbocycles. The van der Waals surface area contributed by atoms with E-state index in [0.29, 0.717) is 25.2 Å². The molecule has 0 unspecified atom stereocenters. The molecule has 3 N–H and O–H groups in total. The second kappa shape index (κ2) is 6.63. The van der Waals surface area contributed by atoms with Gasteiger partial charge in [0.25, 0.3) is 5.89 Å². The van der Waals surface area contributed by atoms with E-state index in [-0.39, 0.29) is 30.4 Å². The molecule has 0 bridgehead atoms. The van der Waals surface area contributed by atoms with Gasteiger partial charge in [0.15, 0.2) is 5.82 Å². The van der Waals surface area contributed by atoms with Crippen molar-refractivity contribution >= 4 is 5.91 Å². The highest BCUT2D eigenvalue weighted by molar-refractivity contribution is 5.78. The third-order valence-corrected chi connectivity index (χ3v) is 3.31. The zero-order chi connectivity index (χ0) is 13.7. The molecule has 1 aromatic rings. The van der Waals surface area contributed by atoms with E-state index in [2.05, 4.69) is 15.5 Å². The molecule has 1 aromatic heterocycles. The summed E-state index contributed by atoms with van der Waals surface area (Å²) in [5.74, 6) is 0.524. The van der Waals surface area contributed by atoms with Crippen LogP contribution < -0.4 is 5.32 Å². The van der Waals surface area contributed by atoms with Gasteiger partial charge in [-0.05, 0) is 19.3 Å². The molecule has 106 valence electrons. The molecule has 0 radical (unpaired) electrons. The summed E-state index contributed by atoms with van der Waals surface area (Å²) in [5, 5.41) is 24.8. The Hall–Kier alpha value is -1.47. The number of amides is 1. The van der Waals surface area contributed by atoms with Gasteiger partial charge in [-0.15, -0.1) is 0 Å². The Bertz CT molecular complexity index is 421. The van der Waals surface area contributed by atoms with E-state index in [1.807, 2.05) is 0 Å². The maximum atomic E-state index is 11.9. The molecule has 1 aliphatic rings. The highest BCUT2D eigenvalue weighted by atomic mass is 16.5. The van der Waals surface area contributed by atoms with Gasteiger partial charge < -0.3 is 20.1 Å². The van der Waals surface area contributed by atoms with Crippen LogP contribution in [0.4, 0.5) is 0 Å². The van der Waals surface area contributed by atoms with Gasteiger partial charge in [-0.2, -0.15) is 4.98 Å². The van der Waals surface area contributed by atoms with Crippen LogP contribution in [-0.4, -0.2) is 38.9 Å². The third-order valence-electron chi connectivity index (χ3n) is 3.31. The van der Waals surface area contributed by atoms with Crippen molar-refractivity contribution in [3.05, 3.63) is 11.7 Å². The van der Waals surface area contributed by atoms with Crippen LogP contribution in [0, 0.1) is 5.92 Å². The standard InChI is InChI=1S/C12H19N3O4/c16-7-11-14-10(15-19-11)4-5-13-12(18)8-2-1-3-9(17)6-8/h8-9,16-17H,1-7H2,(H,13,18)/t8-,9+/m0/s1. The van der Waals surface area contributed by atoms with Crippen molar-refractivity contribution in [3.63, 3.8) is 0 Å². The van der Waals surface area contributed by atoms with Crippen LogP contribution in [0.15, 0.2) is 4.52 Å². The third kappa shape index (κ3) is 4.00. The smallest absolute Gasteiger partial charge is 0.252 e. The summed E-state index contributed by atoms with van der Waals surface area (Å²) >= 11 is 0. The van der Waals surface area contributed by atoms with Crippen molar-refractivity contribution in [1.82, 2.24) is 15.5 Å². The maximum absolute atomic E-state index is 11.9. The quantitative estimate of drug-likeness (QED) is 0.681. The van der Waals surface area contributed by atoms with E-state index >= 15 is 0 Å². The van der Waals surface area contributed by atoms with Crippen molar-refractivity contribution in [1.29, 1.82) is 0 Å². The summed E-state index contributed by atoms with van der Waals surface area (Å²) in [6, 6.07) is 0. The summed E-state index contributed by atoms with van der Waals surface area (Å²) in [4.78, 5) is 15.8. The maximum Gasteiger partial charge on any atom is 0.252 e. The van der Waals surface area contributed by atoms with E-state index in [1.165, 1.54) is 0 Å². The molecular weight excluding hydrogens is 250 g/mol. The molecule has 2 atom stereocenters. The number of hydrogen-bond donors (Lipinski definition) is 3. The van der Waals surface area contributed by atoms with Crippen molar-refractivity contribution in [2.24, 2.45) is 5.92 Å². The van der Waals surface area contributed by atoms with Crippen LogP contribution in [0.3, 0.4) is 0 Å². The topological polar surface area (TPSA) is 108 Å². The van der Waals surface area contributed by atoms with Gasteiger partial charge in [0.05, 0.1) is 6.10 Å². The molecule has 1 aliphatic carbocycles. The molecule has 0 aliphatic heterocycles. The number of rotatable bonds is 5. The Labute approximate surface area is 111 Å². The summed E-state index contributed by atoms with van der Waals surface area (Å²) < 4.78 is 4.74. The van der Waals surface area contributed by atoms with Gasteiger partial charge >= 0.3 is 0 Å². The molecule has 0 aromatic carbocycles. The van der Waals surface area contributed by atoms with E-state index in [4.69, 9.17) is 9.63 Å². The lowest BCUT2D eigenvalue weighted by atomic mass is 9.87. The average molecular weight is 269 g/mol. The molecule has 19 heavy (non-hydrogen) atoms. The molecule has 1 fully saturated rings. The molecule has 1 amide bonds. The number of nitrogens with zero attached hydrogens (tertiary/aromatic N) is 2. The zero-order valence-corrected chi connectivity index (χ0v) is 10.7. The van der Waals surface area contributed by atoms with Crippen molar-refractivity contribution in [2.45, 2.75) is 44.8 Å². The predicted molar refractivity (Wildman–Crippen MR) is 64.9 cm³/mol. The van der Waals surface area contributed by atoms with Crippen molar-refractivity contribution in [2.75, 3.05) is 6.54 Å². The van der Waals surface area contributed by atoms with Crippen LogP contribution in [0.1, 0.15) is 37.4 Å². The molecule has 7 nitrogen and oxygen atoms in total. The highest BCUT2D eigenvalue weighted by Crippen LogP contribution is 2.24. The number of carbonyl (C=O) groups excluding carboxylic acids is 1. The van der Waals surface area contributed by atoms with Crippen molar-refractivity contribution < 1.29 is 19.5 Å². The number of aromatic nitrogens is 2. The fourth-order valence-corrected chi connectivity index (χ4v) is 2.30. The second-order valence-electron chi connectivity index (χ2n) is 4.82. The number of carbonyl (C=O) groups is 1. The Morgan fingerprint density at radius 3 is 3.00 bits per heavy atom. The van der Waals surface area contributed by atoms with E-state index in [1.54, 1.807) is 0 Å². The lowest BCUT2D eigenvalue weighted by Gasteiger charge is -2.24. The average Bonchev–Trinajstić information content (AvgIpc) is 2.86. The largest absolute Gasteiger partial charge is 0.393 e. The number of nitrogens with one attached hydrogen (secondary N) is 1. The minimum Gasteiger partial charge on any atom is -0.393 e. The van der Waals surface area contributed by atoms with Gasteiger partial charge in [-0.3, -0.25) is 4.79 Å². The fraction of sp³-hybridized carbons (Fsp3) is 0.750. The second-order valence-corrected chi connectivity index (χ2v) is 4.82. The summed E-state index contributed by atoms with van der Waals surface area (Å²) in [6.45, 7) is 0.148. The summed E-state index contributed by atoms with van der Waals surface area (Å²) in [6.07, 6.45) is 3.17. The minimum atomic E-state index is -0.353. The highest BCUT2D eigenvalue weighted by Gasteiger charge is 2.25. The first kappa shape index (κ1) is 14.0. The van der Waals surface area contributed by atoms with Crippen LogP contribution in [0.2, 0.25) is 0 Å². The van der Waals surface area contributed by atoms with E-state index in [0.717, 1.165) is 19.3 Å². The van der Waals surface area contributed by atoms with E-state index in [9.17, 15) is 9.90 Å². The molecule has 0 spiro atoms. The molecule has 0 saturated heterocycles. The van der Waals surface area contributed by atoms with Crippen LogP contribution in [0.5, 0.6) is 0 Å². The number of aliphatic hydroxyl groups is 2. The molecule has 1 heterocycles. The van der Waals surface area contributed by atoms with Crippen LogP contribution in [-0.2, 0) is 17.8 Å². The van der Waals surface area contributed by atoms with Gasteiger partial charge in [-0.1, -0.05) is 11.6 Å². The van der Waals surface area contributed by atoms with Gasteiger partial charge in [0.1, 0.15) is 6.61 Å². The van der Waals surface area contributed by atoms with Gasteiger partial charge in [0, 0.05) is 18.9 Å². The van der Waals surface area contributed by atoms with Crippen LogP contribution in [0.25, 0.3) is 0 Å². The first-order valence-corrected chi connectivity index (χ1v) is 6.57. The minimum absolute atomic E-state index is 0.0235. The Morgan fingerprint density at radius 2 is 2.32 bits per heavy atom. The Morgan fingerprint density at radius 1 is 1.47 bits per heavy atom. The first-order chi connectivity index (χ1) is 9.19. The monoisotopic (exact) mass is 269 g/mol. The first-order valence-electron chi connectivity index (χ1n) is 6.57. The lowest BCUT2D eigenvalue weighted by Crippen LogP contribution is -2.36. The SMILES string of the molecule is O=C(NCCc1noc(CO)n1)[C@H]1CCC[C@@H](O)C1.